The van der Waals surface area contributed by atoms with E-state index in [0.717, 1.165) is 21.5 Å². The molecule has 0 spiro atoms. The average Bonchev–Trinajstić information content (AvgIpc) is 2.49. The molecule has 2 aromatic rings. The van der Waals surface area contributed by atoms with E-state index in [1.54, 1.807) is 0 Å². The summed E-state index contributed by atoms with van der Waals surface area (Å²) in [4.78, 5) is 1.99. The van der Waals surface area contributed by atoms with Crippen LogP contribution in [0.15, 0.2) is 75.5 Å². The van der Waals surface area contributed by atoms with Gasteiger partial charge in [-0.2, -0.15) is 0 Å². The predicted molar refractivity (Wildman–Crippen MR) is 83.8 cm³/mol. The van der Waals surface area contributed by atoms with Gasteiger partial charge in [0, 0.05) is 0 Å². The van der Waals surface area contributed by atoms with Gasteiger partial charge in [-0.1, -0.05) is 0 Å². The second-order valence-corrected chi connectivity index (χ2v) is 5.26. The van der Waals surface area contributed by atoms with Crippen molar-refractivity contribution in [2.75, 3.05) is 14.1 Å². The maximum atomic E-state index is 4.42. The van der Waals surface area contributed by atoms with Gasteiger partial charge in [0.25, 0.3) is 0 Å². The zero-order valence-corrected chi connectivity index (χ0v) is 13.2. The molecule has 20 heavy (non-hydrogen) atoms. The number of azo groups is 1. The van der Waals surface area contributed by atoms with E-state index in [1.165, 1.54) is 0 Å². The molecule has 0 fully saturated rings. The van der Waals surface area contributed by atoms with Crippen LogP contribution in [0.5, 0.6) is 0 Å². The van der Waals surface area contributed by atoms with E-state index in [-0.39, 0.29) is 0 Å². The fourth-order valence-electron chi connectivity index (χ4n) is 1.63. The summed E-state index contributed by atoms with van der Waals surface area (Å²) >= 11 is 3.06. The van der Waals surface area contributed by atoms with Crippen molar-refractivity contribution in [2.45, 2.75) is 0 Å². The van der Waals surface area contributed by atoms with Crippen LogP contribution in [0.1, 0.15) is 5.56 Å². The molecule has 2 aromatic carbocycles. The third-order valence-corrected chi connectivity index (χ3v) is 3.85. The normalized spacial score (nSPS) is 12.3. The molecule has 0 saturated heterocycles. The second kappa shape index (κ2) is 7.04. The van der Waals surface area contributed by atoms with Crippen molar-refractivity contribution in [2.24, 2.45) is 10.2 Å². The van der Waals surface area contributed by atoms with Gasteiger partial charge in [0.2, 0.25) is 0 Å². The zero-order chi connectivity index (χ0) is 14.4. The van der Waals surface area contributed by atoms with Crippen molar-refractivity contribution in [3.05, 3.63) is 70.8 Å². The molecule has 0 unspecified atom stereocenters. The number of rotatable bonds is 4. The van der Waals surface area contributed by atoms with E-state index < -0.39 is 0 Å². The topological polar surface area (TPSA) is 28.0 Å². The summed E-state index contributed by atoms with van der Waals surface area (Å²) < 4.78 is 0.955. The molecule has 2 rings (SSSR count). The van der Waals surface area contributed by atoms with Gasteiger partial charge in [0.05, 0.1) is 0 Å². The Kier molecular flexibility index (Phi) is 5.10. The van der Waals surface area contributed by atoms with Crippen molar-refractivity contribution < 1.29 is 0 Å². The summed E-state index contributed by atoms with van der Waals surface area (Å²) in [6, 6.07) is 19.8. The summed E-state index contributed by atoms with van der Waals surface area (Å²) in [6.45, 7) is 0. The van der Waals surface area contributed by atoms with Gasteiger partial charge in [-0.15, -0.1) is 0 Å². The molecular weight excluding hydrogens is 313 g/mol. The molecule has 0 N–H and O–H groups in total. The van der Waals surface area contributed by atoms with Crippen LogP contribution in [0.3, 0.4) is 0 Å². The molecule has 0 atom stereocenters. The Hall–Kier alpha value is -1.90. The van der Waals surface area contributed by atoms with Crippen LogP contribution in [0.2, 0.25) is 0 Å². The Bertz CT molecular complexity index is 604. The second-order valence-electron chi connectivity index (χ2n) is 4.45. The molecule has 3 nitrogen and oxygen atoms in total. The van der Waals surface area contributed by atoms with Gasteiger partial charge < -0.3 is 0 Å². The van der Waals surface area contributed by atoms with Crippen molar-refractivity contribution in [3.63, 3.8) is 0 Å². The van der Waals surface area contributed by atoms with Crippen LogP contribution in [-0.2, 0) is 0 Å². The molecule has 0 aliphatic carbocycles. The Balaban J connectivity index is 2.39. The SMILES string of the molecule is CN(C)/C([Se])=C(/N=Nc1ccccc1)c1ccccc1. The average molecular weight is 329 g/mol. The van der Waals surface area contributed by atoms with Crippen molar-refractivity contribution in [1.29, 1.82) is 0 Å². The number of hydrogen-bond acceptors (Lipinski definition) is 3. The van der Waals surface area contributed by atoms with Gasteiger partial charge >= 0.3 is 127 Å². The van der Waals surface area contributed by atoms with Crippen LogP contribution >= 0.6 is 0 Å². The molecule has 101 valence electrons. The fourth-order valence-corrected chi connectivity index (χ4v) is 1.97. The van der Waals surface area contributed by atoms with E-state index in [1.807, 2.05) is 79.7 Å². The van der Waals surface area contributed by atoms with Gasteiger partial charge in [-0.25, -0.2) is 0 Å². The van der Waals surface area contributed by atoms with Crippen LogP contribution in [-0.4, -0.2) is 35.0 Å². The Morgan fingerprint density at radius 2 is 1.45 bits per heavy atom. The maximum absolute atomic E-state index is 4.42. The number of hydrogen-bond donors (Lipinski definition) is 0. The molecule has 0 heterocycles. The van der Waals surface area contributed by atoms with Crippen molar-refractivity contribution >= 4 is 27.4 Å². The summed E-state index contributed by atoms with van der Waals surface area (Å²) in [5, 5.41) is 8.72. The Morgan fingerprint density at radius 3 is 2.00 bits per heavy atom. The molecule has 1 radical (unpaired) electrons. The quantitative estimate of drug-likeness (QED) is 0.619. The first-order valence-corrected chi connectivity index (χ1v) is 7.15. The fraction of sp³-hybridized carbons (Fsp3) is 0.125. The van der Waals surface area contributed by atoms with Gasteiger partial charge in [0.15, 0.2) is 0 Å². The molecular formula is C16H16N3Se. The van der Waals surface area contributed by atoms with E-state index in [9.17, 15) is 0 Å². The van der Waals surface area contributed by atoms with Crippen LogP contribution < -0.4 is 0 Å². The monoisotopic (exact) mass is 330 g/mol. The molecule has 0 aromatic heterocycles. The Morgan fingerprint density at radius 1 is 0.900 bits per heavy atom. The van der Waals surface area contributed by atoms with Crippen molar-refractivity contribution in [3.8, 4) is 0 Å². The molecule has 0 aliphatic rings. The first kappa shape index (κ1) is 14.5. The van der Waals surface area contributed by atoms with Gasteiger partial charge in [0.1, 0.15) is 0 Å². The van der Waals surface area contributed by atoms with Crippen LogP contribution in [0, 0.1) is 0 Å². The van der Waals surface area contributed by atoms with Crippen LogP contribution in [0.4, 0.5) is 5.69 Å². The zero-order valence-electron chi connectivity index (χ0n) is 11.5. The number of nitrogens with zero attached hydrogens (tertiary/aromatic N) is 3. The van der Waals surface area contributed by atoms with E-state index in [4.69, 9.17) is 0 Å². The van der Waals surface area contributed by atoms with Gasteiger partial charge in [-0.05, 0) is 0 Å². The van der Waals surface area contributed by atoms with Crippen LogP contribution in [0.25, 0.3) is 5.70 Å². The van der Waals surface area contributed by atoms with E-state index >= 15 is 0 Å². The number of benzene rings is 2. The third-order valence-electron chi connectivity index (χ3n) is 2.68. The van der Waals surface area contributed by atoms with E-state index in [2.05, 4.69) is 26.2 Å². The Labute approximate surface area is 127 Å². The first-order chi connectivity index (χ1) is 9.68. The first-order valence-electron chi connectivity index (χ1n) is 6.29. The minimum atomic E-state index is 0.833. The standard InChI is InChI=1S/C16H16N3Se/c1-19(2)16(20)15(13-9-5-3-6-10-13)18-17-14-11-7-4-8-12-14/h3-12H,1-2H3/b16-15-,18-17?. The molecule has 0 aliphatic heterocycles. The molecule has 4 heteroatoms. The molecule has 0 bridgehead atoms. The van der Waals surface area contributed by atoms with Crippen molar-refractivity contribution in [1.82, 2.24) is 4.90 Å². The molecule has 0 amide bonds. The third kappa shape index (κ3) is 3.80. The molecule has 0 saturated carbocycles. The minimum absolute atomic E-state index is 0.833. The summed E-state index contributed by atoms with van der Waals surface area (Å²) in [6.07, 6.45) is 0. The summed E-state index contributed by atoms with van der Waals surface area (Å²) in [7, 11) is 3.96. The predicted octanol–water partition coefficient (Wildman–Crippen LogP) is 3.83. The summed E-state index contributed by atoms with van der Waals surface area (Å²) in [5.41, 5.74) is 2.71. The van der Waals surface area contributed by atoms with Gasteiger partial charge in [-0.3, -0.25) is 0 Å². The summed E-state index contributed by atoms with van der Waals surface area (Å²) in [5.74, 6) is 0. The van der Waals surface area contributed by atoms with E-state index in [0.29, 0.717) is 0 Å².